The van der Waals surface area contributed by atoms with Crippen LogP contribution in [0.15, 0.2) is 12.1 Å². The molecule has 1 aromatic rings. The van der Waals surface area contributed by atoms with Crippen molar-refractivity contribution >= 4 is 11.6 Å². The van der Waals surface area contributed by atoms with E-state index in [9.17, 15) is 32.5 Å². The van der Waals surface area contributed by atoms with Crippen LogP contribution in [0.5, 0.6) is 0 Å². The molecule has 1 amide bonds. The monoisotopic (exact) mass is 310 g/mol. The number of nitrogens with zero attached hydrogens (tertiary/aromatic N) is 1. The molecule has 21 heavy (non-hydrogen) atoms. The molecule has 0 aliphatic rings. The summed E-state index contributed by atoms with van der Waals surface area (Å²) in [5.74, 6) is -3.92. The zero-order valence-corrected chi connectivity index (χ0v) is 10.4. The Hall–Kier alpha value is -2.23. The molecule has 0 radical (unpaired) electrons. The van der Waals surface area contributed by atoms with E-state index in [-0.39, 0.29) is 19.2 Å². The fourth-order valence-electron chi connectivity index (χ4n) is 1.37. The van der Waals surface area contributed by atoms with Crippen molar-refractivity contribution in [3.8, 4) is 0 Å². The summed E-state index contributed by atoms with van der Waals surface area (Å²) in [6.07, 6.45) is -2.66. The van der Waals surface area contributed by atoms with Gasteiger partial charge in [-0.1, -0.05) is 0 Å². The molecule has 0 unspecified atom stereocenters. The highest BCUT2D eigenvalue weighted by Gasteiger charge is 2.23. The first kappa shape index (κ1) is 16.8. The van der Waals surface area contributed by atoms with E-state index >= 15 is 0 Å². The van der Waals surface area contributed by atoms with Gasteiger partial charge in [-0.05, 0) is 6.07 Å². The Morgan fingerprint density at radius 2 is 1.95 bits per heavy atom. The Morgan fingerprint density at radius 3 is 2.52 bits per heavy atom. The molecule has 0 aromatic heterocycles. The van der Waals surface area contributed by atoms with Crippen molar-refractivity contribution in [3.63, 3.8) is 0 Å². The van der Waals surface area contributed by atoms with Crippen LogP contribution in [-0.4, -0.2) is 37.0 Å². The largest absolute Gasteiger partial charge is 0.374 e. The van der Waals surface area contributed by atoms with Gasteiger partial charge in [-0.3, -0.25) is 14.9 Å². The normalized spacial score (nSPS) is 10.7. The lowest BCUT2D eigenvalue weighted by molar-refractivity contribution is -0.385. The van der Waals surface area contributed by atoms with E-state index < -0.39 is 46.7 Å². The molecule has 0 atom stereocenters. The Bertz CT molecular complexity index is 539. The number of carbonyl (C=O) groups is 1. The van der Waals surface area contributed by atoms with E-state index in [2.05, 4.69) is 10.1 Å². The number of ether oxygens (including phenoxy) is 1. The molecule has 1 aromatic carbocycles. The minimum Gasteiger partial charge on any atom is -0.374 e. The molecule has 116 valence electrons. The second kappa shape index (κ2) is 7.53. The van der Waals surface area contributed by atoms with Gasteiger partial charge in [-0.2, -0.15) is 0 Å². The van der Waals surface area contributed by atoms with E-state index in [1.807, 2.05) is 0 Å². The number of nitrogens with one attached hydrogen (secondary N) is 1. The SMILES string of the molecule is O=C(NCCOCC(F)F)c1cc(F)c(F)cc1[N+](=O)[O-]. The molecule has 0 aliphatic carbocycles. The van der Waals surface area contributed by atoms with Crippen LogP contribution >= 0.6 is 0 Å². The zero-order chi connectivity index (χ0) is 16.0. The molecule has 0 spiro atoms. The maximum atomic E-state index is 13.0. The van der Waals surface area contributed by atoms with Crippen molar-refractivity contribution in [3.05, 3.63) is 39.4 Å². The lowest BCUT2D eigenvalue weighted by atomic mass is 10.1. The van der Waals surface area contributed by atoms with E-state index in [0.717, 1.165) is 0 Å². The summed E-state index contributed by atoms with van der Waals surface area (Å²) in [4.78, 5) is 21.3. The minimum atomic E-state index is -2.66. The molecule has 0 bridgehead atoms. The quantitative estimate of drug-likeness (QED) is 0.361. The molecule has 10 heteroatoms. The van der Waals surface area contributed by atoms with Crippen LogP contribution in [0.1, 0.15) is 10.4 Å². The van der Waals surface area contributed by atoms with Crippen LogP contribution in [0.4, 0.5) is 23.2 Å². The van der Waals surface area contributed by atoms with Gasteiger partial charge in [0.1, 0.15) is 12.2 Å². The summed E-state index contributed by atoms with van der Waals surface area (Å²) in [7, 11) is 0. The number of benzene rings is 1. The first-order valence-corrected chi connectivity index (χ1v) is 5.60. The van der Waals surface area contributed by atoms with E-state index in [4.69, 9.17) is 0 Å². The molecule has 0 saturated heterocycles. The van der Waals surface area contributed by atoms with Gasteiger partial charge in [-0.25, -0.2) is 17.6 Å². The van der Waals surface area contributed by atoms with Crippen molar-refractivity contribution in [2.45, 2.75) is 6.43 Å². The average Bonchev–Trinajstić information content (AvgIpc) is 2.40. The third-order valence-electron chi connectivity index (χ3n) is 2.26. The first-order valence-electron chi connectivity index (χ1n) is 5.60. The lowest BCUT2D eigenvalue weighted by Crippen LogP contribution is -2.28. The molecular formula is C11H10F4N2O4. The third-order valence-corrected chi connectivity index (χ3v) is 2.26. The van der Waals surface area contributed by atoms with Crippen molar-refractivity contribution in [1.29, 1.82) is 0 Å². The van der Waals surface area contributed by atoms with Gasteiger partial charge in [0.05, 0.1) is 17.6 Å². The number of rotatable bonds is 7. The molecule has 1 rings (SSSR count). The number of hydrogen-bond acceptors (Lipinski definition) is 4. The number of halogens is 4. The number of hydrogen-bond donors (Lipinski definition) is 1. The number of nitro groups is 1. The maximum absolute atomic E-state index is 13.0. The van der Waals surface area contributed by atoms with Crippen LogP contribution in [0.3, 0.4) is 0 Å². The maximum Gasteiger partial charge on any atom is 0.285 e. The Balaban J connectivity index is 2.69. The molecule has 6 nitrogen and oxygen atoms in total. The summed E-state index contributed by atoms with van der Waals surface area (Å²) < 4.78 is 53.9. The summed E-state index contributed by atoms with van der Waals surface area (Å²) in [6, 6.07) is 0.681. The number of carbonyl (C=O) groups excluding carboxylic acids is 1. The molecule has 0 aliphatic heterocycles. The van der Waals surface area contributed by atoms with Crippen molar-refractivity contribution < 1.29 is 32.0 Å². The van der Waals surface area contributed by atoms with E-state index in [1.54, 1.807) is 0 Å². The highest BCUT2D eigenvalue weighted by Crippen LogP contribution is 2.22. The molecular weight excluding hydrogens is 300 g/mol. The Labute approximate surface area is 115 Å². The topological polar surface area (TPSA) is 81.5 Å². The number of nitro benzene ring substituents is 1. The van der Waals surface area contributed by atoms with E-state index in [1.165, 1.54) is 0 Å². The second-order valence-corrected chi connectivity index (χ2v) is 3.76. The van der Waals surface area contributed by atoms with Gasteiger partial charge in [0, 0.05) is 6.54 Å². The highest BCUT2D eigenvalue weighted by atomic mass is 19.3. The van der Waals surface area contributed by atoms with Crippen molar-refractivity contribution in [2.24, 2.45) is 0 Å². The minimum absolute atomic E-state index is 0.221. The summed E-state index contributed by atoms with van der Waals surface area (Å²) in [5, 5.41) is 12.8. The third kappa shape index (κ3) is 4.99. The first-order chi connectivity index (χ1) is 9.82. The zero-order valence-electron chi connectivity index (χ0n) is 10.4. The summed E-state index contributed by atoms with van der Waals surface area (Å²) in [5.41, 5.74) is -1.58. The standard InChI is InChI=1S/C11H10F4N2O4/c12-7-3-6(9(17(19)20)4-8(7)13)11(18)16-1-2-21-5-10(14)15/h3-4,10H,1-2,5H2,(H,16,18). The number of amides is 1. The second-order valence-electron chi connectivity index (χ2n) is 3.76. The summed E-state index contributed by atoms with van der Waals surface area (Å²) in [6.45, 7) is -1.30. The highest BCUT2D eigenvalue weighted by molar-refractivity contribution is 5.98. The van der Waals surface area contributed by atoms with Crippen molar-refractivity contribution in [2.75, 3.05) is 19.8 Å². The Morgan fingerprint density at radius 1 is 1.33 bits per heavy atom. The van der Waals surface area contributed by atoms with Gasteiger partial charge in [0.2, 0.25) is 0 Å². The van der Waals surface area contributed by atoms with Gasteiger partial charge in [-0.15, -0.1) is 0 Å². The van der Waals surface area contributed by atoms with Crippen LogP contribution in [-0.2, 0) is 4.74 Å². The van der Waals surface area contributed by atoms with Gasteiger partial charge in [0.25, 0.3) is 18.0 Å². The molecule has 0 fully saturated rings. The molecule has 0 heterocycles. The fourth-order valence-corrected chi connectivity index (χ4v) is 1.37. The number of alkyl halides is 2. The van der Waals surface area contributed by atoms with E-state index in [0.29, 0.717) is 6.07 Å². The molecule has 0 saturated carbocycles. The van der Waals surface area contributed by atoms with Gasteiger partial charge < -0.3 is 10.1 Å². The Kier molecular flexibility index (Phi) is 6.03. The smallest absolute Gasteiger partial charge is 0.285 e. The van der Waals surface area contributed by atoms with Crippen LogP contribution in [0, 0.1) is 21.7 Å². The van der Waals surface area contributed by atoms with Crippen LogP contribution in [0.25, 0.3) is 0 Å². The van der Waals surface area contributed by atoms with Crippen LogP contribution in [0.2, 0.25) is 0 Å². The fraction of sp³-hybridized carbons (Fsp3) is 0.364. The van der Waals surface area contributed by atoms with Gasteiger partial charge >= 0.3 is 0 Å². The predicted octanol–water partition coefficient (Wildman–Crippen LogP) is 1.88. The van der Waals surface area contributed by atoms with Crippen molar-refractivity contribution in [1.82, 2.24) is 5.32 Å². The lowest BCUT2D eigenvalue weighted by Gasteiger charge is -2.07. The summed E-state index contributed by atoms with van der Waals surface area (Å²) >= 11 is 0. The average molecular weight is 310 g/mol. The van der Waals surface area contributed by atoms with Gasteiger partial charge in [0.15, 0.2) is 11.6 Å². The molecule has 1 N–H and O–H groups in total. The van der Waals surface area contributed by atoms with Crippen LogP contribution < -0.4 is 5.32 Å². The predicted molar refractivity (Wildman–Crippen MR) is 62.2 cm³/mol.